The summed E-state index contributed by atoms with van der Waals surface area (Å²) in [5.41, 5.74) is 0. The molecule has 2 atom stereocenters. The molecule has 0 spiro atoms. The fraction of sp³-hybridized carbons (Fsp3) is 1.00. The number of morpholine rings is 1. The van der Waals surface area contributed by atoms with Gasteiger partial charge in [0.1, 0.15) is 0 Å². The molecule has 0 N–H and O–H groups in total. The van der Waals surface area contributed by atoms with Gasteiger partial charge in [0.05, 0.1) is 12.2 Å². The molecule has 2 bridgehead atoms. The normalized spacial score (nSPS) is 27.6. The molecule has 112 valence electrons. The first kappa shape index (κ1) is 15.3. The molecule has 2 aliphatic rings. The summed E-state index contributed by atoms with van der Waals surface area (Å²) in [5.74, 6) is 0. The molecule has 0 saturated carbocycles. The maximum atomic E-state index is 5.91. The molecule has 0 aromatic rings. The van der Waals surface area contributed by atoms with E-state index in [4.69, 9.17) is 4.74 Å². The number of nitrogens with zero attached hydrogens (tertiary/aromatic N) is 2. The van der Waals surface area contributed by atoms with Crippen LogP contribution in [0.25, 0.3) is 0 Å². The zero-order valence-electron chi connectivity index (χ0n) is 13.1. The lowest BCUT2D eigenvalue weighted by Crippen LogP contribution is -2.46. The highest BCUT2D eigenvalue weighted by molar-refractivity contribution is 4.85. The summed E-state index contributed by atoms with van der Waals surface area (Å²) in [4.78, 5) is 5.27. The molecule has 2 rings (SSSR count). The van der Waals surface area contributed by atoms with Crippen molar-refractivity contribution in [1.82, 2.24) is 9.80 Å². The molecule has 2 fully saturated rings. The standard InChI is InChI=1S/C16H32N2O/c1-4-5-6-9-18(14(2)3)11-10-17-12-15-7-8-16(13-17)19-15/h14-16H,4-13H2,1-3H3. The van der Waals surface area contributed by atoms with E-state index >= 15 is 0 Å². The van der Waals surface area contributed by atoms with Crippen LogP contribution in [-0.4, -0.2) is 60.8 Å². The van der Waals surface area contributed by atoms with Crippen LogP contribution in [0.4, 0.5) is 0 Å². The highest BCUT2D eigenvalue weighted by atomic mass is 16.5. The van der Waals surface area contributed by atoms with Gasteiger partial charge in [-0.1, -0.05) is 19.8 Å². The molecule has 0 aliphatic carbocycles. The van der Waals surface area contributed by atoms with E-state index in [9.17, 15) is 0 Å². The molecule has 2 saturated heterocycles. The van der Waals surface area contributed by atoms with Crippen LogP contribution >= 0.6 is 0 Å². The second-order valence-corrected chi connectivity index (χ2v) is 6.55. The van der Waals surface area contributed by atoms with Gasteiger partial charge in [-0.2, -0.15) is 0 Å². The minimum atomic E-state index is 0.534. The number of likely N-dealkylation sites (tertiary alicyclic amines) is 1. The van der Waals surface area contributed by atoms with Crippen molar-refractivity contribution in [2.45, 2.75) is 71.1 Å². The predicted octanol–water partition coefficient (Wildman–Crippen LogP) is 2.75. The zero-order chi connectivity index (χ0) is 13.7. The van der Waals surface area contributed by atoms with Gasteiger partial charge < -0.3 is 4.74 Å². The van der Waals surface area contributed by atoms with Gasteiger partial charge in [-0.3, -0.25) is 9.80 Å². The van der Waals surface area contributed by atoms with E-state index in [-0.39, 0.29) is 0 Å². The van der Waals surface area contributed by atoms with E-state index in [1.54, 1.807) is 0 Å². The molecule has 2 unspecified atom stereocenters. The van der Waals surface area contributed by atoms with Crippen molar-refractivity contribution in [2.75, 3.05) is 32.7 Å². The van der Waals surface area contributed by atoms with Gasteiger partial charge in [-0.15, -0.1) is 0 Å². The van der Waals surface area contributed by atoms with Crippen LogP contribution in [0, 0.1) is 0 Å². The fourth-order valence-electron chi connectivity index (χ4n) is 3.34. The third-order valence-electron chi connectivity index (χ3n) is 4.60. The largest absolute Gasteiger partial charge is 0.372 e. The van der Waals surface area contributed by atoms with Crippen LogP contribution in [-0.2, 0) is 4.74 Å². The third kappa shape index (κ3) is 4.73. The predicted molar refractivity (Wildman–Crippen MR) is 80.6 cm³/mol. The summed E-state index contributed by atoms with van der Waals surface area (Å²) in [6.07, 6.45) is 7.67. The Morgan fingerprint density at radius 1 is 1.11 bits per heavy atom. The highest BCUT2D eigenvalue weighted by Crippen LogP contribution is 2.25. The van der Waals surface area contributed by atoms with Crippen molar-refractivity contribution < 1.29 is 4.74 Å². The minimum Gasteiger partial charge on any atom is -0.372 e. The van der Waals surface area contributed by atoms with E-state index in [0.29, 0.717) is 18.2 Å². The third-order valence-corrected chi connectivity index (χ3v) is 4.60. The van der Waals surface area contributed by atoms with Crippen LogP contribution in [0.15, 0.2) is 0 Å². The minimum absolute atomic E-state index is 0.534. The monoisotopic (exact) mass is 268 g/mol. The van der Waals surface area contributed by atoms with Crippen molar-refractivity contribution in [3.05, 3.63) is 0 Å². The summed E-state index contributed by atoms with van der Waals surface area (Å²) < 4.78 is 5.91. The first-order valence-electron chi connectivity index (χ1n) is 8.31. The van der Waals surface area contributed by atoms with Crippen molar-refractivity contribution >= 4 is 0 Å². The van der Waals surface area contributed by atoms with Crippen LogP contribution < -0.4 is 0 Å². The lowest BCUT2D eigenvalue weighted by Gasteiger charge is -2.35. The quantitative estimate of drug-likeness (QED) is 0.630. The zero-order valence-corrected chi connectivity index (χ0v) is 13.1. The summed E-state index contributed by atoms with van der Waals surface area (Å²) >= 11 is 0. The Hall–Kier alpha value is -0.120. The van der Waals surface area contributed by atoms with E-state index in [1.807, 2.05) is 0 Å². The van der Waals surface area contributed by atoms with Crippen molar-refractivity contribution in [3.63, 3.8) is 0 Å². The van der Waals surface area contributed by atoms with Crippen molar-refractivity contribution in [2.24, 2.45) is 0 Å². The van der Waals surface area contributed by atoms with Crippen LogP contribution in [0.2, 0.25) is 0 Å². The van der Waals surface area contributed by atoms with Gasteiger partial charge in [0.25, 0.3) is 0 Å². The maximum absolute atomic E-state index is 5.91. The molecule has 3 heteroatoms. The molecule has 0 radical (unpaired) electrons. The fourth-order valence-corrected chi connectivity index (χ4v) is 3.34. The van der Waals surface area contributed by atoms with Gasteiger partial charge in [0.15, 0.2) is 0 Å². The Kier molecular flexibility index (Phi) is 6.11. The molecule has 0 aromatic heterocycles. The molecule has 0 amide bonds. The summed E-state index contributed by atoms with van der Waals surface area (Å²) in [6, 6.07) is 0.676. The maximum Gasteiger partial charge on any atom is 0.0707 e. The molecule has 2 heterocycles. The van der Waals surface area contributed by atoms with E-state index < -0.39 is 0 Å². The Morgan fingerprint density at radius 3 is 2.37 bits per heavy atom. The average molecular weight is 268 g/mol. The number of hydrogen-bond acceptors (Lipinski definition) is 3. The Balaban J connectivity index is 1.69. The molecule has 19 heavy (non-hydrogen) atoms. The Bertz CT molecular complexity index is 245. The molecular weight excluding hydrogens is 236 g/mol. The Morgan fingerprint density at radius 2 is 1.79 bits per heavy atom. The number of unbranched alkanes of at least 4 members (excludes halogenated alkanes) is 2. The summed E-state index contributed by atoms with van der Waals surface area (Å²) in [5, 5.41) is 0. The van der Waals surface area contributed by atoms with Crippen molar-refractivity contribution in [3.8, 4) is 0 Å². The van der Waals surface area contributed by atoms with Gasteiger partial charge in [0.2, 0.25) is 0 Å². The first-order valence-corrected chi connectivity index (χ1v) is 8.31. The molecule has 2 aliphatic heterocycles. The molecule has 3 nitrogen and oxygen atoms in total. The van der Waals surface area contributed by atoms with Gasteiger partial charge in [-0.05, 0) is 39.7 Å². The van der Waals surface area contributed by atoms with Crippen LogP contribution in [0.1, 0.15) is 52.9 Å². The number of rotatable bonds is 8. The average Bonchev–Trinajstić information content (AvgIpc) is 2.72. The van der Waals surface area contributed by atoms with Crippen LogP contribution in [0.3, 0.4) is 0 Å². The van der Waals surface area contributed by atoms with Gasteiger partial charge in [0, 0.05) is 32.2 Å². The van der Waals surface area contributed by atoms with E-state index in [2.05, 4.69) is 30.6 Å². The first-order chi connectivity index (χ1) is 9.19. The topological polar surface area (TPSA) is 15.7 Å². The van der Waals surface area contributed by atoms with Crippen LogP contribution in [0.5, 0.6) is 0 Å². The highest BCUT2D eigenvalue weighted by Gasteiger charge is 2.33. The van der Waals surface area contributed by atoms with Gasteiger partial charge in [-0.25, -0.2) is 0 Å². The second kappa shape index (κ2) is 7.61. The molecular formula is C16H32N2O. The number of hydrogen-bond donors (Lipinski definition) is 0. The lowest BCUT2D eigenvalue weighted by atomic mass is 10.2. The Labute approximate surface area is 119 Å². The number of ether oxygens (including phenoxy) is 1. The number of fused-ring (bicyclic) bond motifs is 2. The van der Waals surface area contributed by atoms with Crippen molar-refractivity contribution in [1.29, 1.82) is 0 Å². The lowest BCUT2D eigenvalue weighted by molar-refractivity contribution is -0.0408. The summed E-state index contributed by atoms with van der Waals surface area (Å²) in [7, 11) is 0. The second-order valence-electron chi connectivity index (χ2n) is 6.55. The molecule has 0 aromatic carbocycles. The van der Waals surface area contributed by atoms with E-state index in [0.717, 1.165) is 13.1 Å². The smallest absolute Gasteiger partial charge is 0.0707 e. The SMILES string of the molecule is CCCCCN(CCN1CC2CCC(C1)O2)C(C)C. The summed E-state index contributed by atoms with van der Waals surface area (Å²) in [6.45, 7) is 13.0. The van der Waals surface area contributed by atoms with Gasteiger partial charge >= 0.3 is 0 Å². The van der Waals surface area contributed by atoms with E-state index in [1.165, 1.54) is 51.7 Å².